The van der Waals surface area contributed by atoms with Crippen LogP contribution >= 0.6 is 0 Å². The normalized spacial score (nSPS) is 14.7. The van der Waals surface area contributed by atoms with Crippen molar-refractivity contribution in [3.05, 3.63) is 178 Å². The van der Waals surface area contributed by atoms with Gasteiger partial charge in [-0.3, -0.25) is 33.9 Å². The number of imide groups is 2. The van der Waals surface area contributed by atoms with E-state index in [9.17, 15) is 19.2 Å². The van der Waals surface area contributed by atoms with Gasteiger partial charge in [-0.15, -0.1) is 0 Å². The molecule has 2 aliphatic rings. The van der Waals surface area contributed by atoms with Crippen LogP contribution < -0.4 is 0 Å². The van der Waals surface area contributed by atoms with E-state index in [0.29, 0.717) is 19.5 Å². The SMILES string of the molecule is O=C1c2ccccc2C(=O)N1C(C(Cc1ccccc1)N(Cc1ccccc1)Cc1ccccc1)N1C(=O)c2ccccc2C1=O. The van der Waals surface area contributed by atoms with Crippen LogP contribution in [-0.2, 0) is 19.5 Å². The van der Waals surface area contributed by atoms with Crippen molar-refractivity contribution >= 4 is 23.6 Å². The Bertz CT molecular complexity index is 1740. The molecule has 7 rings (SSSR count). The van der Waals surface area contributed by atoms with Gasteiger partial charge >= 0.3 is 0 Å². The summed E-state index contributed by atoms with van der Waals surface area (Å²) in [4.78, 5) is 61.4. The average molecular weight is 606 g/mol. The molecule has 2 aliphatic heterocycles. The molecule has 0 saturated heterocycles. The zero-order valence-corrected chi connectivity index (χ0v) is 25.0. The molecule has 0 N–H and O–H groups in total. The lowest BCUT2D eigenvalue weighted by atomic mass is 9.98. The minimum absolute atomic E-state index is 0.255. The summed E-state index contributed by atoms with van der Waals surface area (Å²) in [5.74, 6) is -2.11. The van der Waals surface area contributed by atoms with E-state index in [1.807, 2.05) is 91.0 Å². The van der Waals surface area contributed by atoms with Gasteiger partial charge in [-0.25, -0.2) is 0 Å². The third kappa shape index (κ3) is 5.31. The lowest BCUT2D eigenvalue weighted by Crippen LogP contribution is -2.63. The number of rotatable bonds is 10. The number of benzene rings is 5. The van der Waals surface area contributed by atoms with E-state index in [-0.39, 0.29) is 22.3 Å². The summed E-state index contributed by atoms with van der Waals surface area (Å²) in [6.45, 7) is 0.881. The molecule has 5 aromatic rings. The first-order chi connectivity index (χ1) is 22.5. The van der Waals surface area contributed by atoms with Crippen molar-refractivity contribution in [2.24, 2.45) is 0 Å². The Hall–Kier alpha value is -5.66. The van der Waals surface area contributed by atoms with Crippen molar-refractivity contribution in [2.75, 3.05) is 0 Å². The minimum atomic E-state index is -1.24. The quantitative estimate of drug-likeness (QED) is 0.177. The molecule has 0 saturated carbocycles. The predicted molar refractivity (Wildman–Crippen MR) is 174 cm³/mol. The average Bonchev–Trinajstić information content (AvgIpc) is 3.50. The van der Waals surface area contributed by atoms with Crippen molar-refractivity contribution in [1.29, 1.82) is 0 Å². The maximum absolute atomic E-state index is 14.2. The summed E-state index contributed by atoms with van der Waals surface area (Å²) in [5, 5.41) is 0. The summed E-state index contributed by atoms with van der Waals surface area (Å²) in [7, 11) is 0. The minimum Gasteiger partial charge on any atom is -0.288 e. The van der Waals surface area contributed by atoms with E-state index < -0.39 is 35.8 Å². The van der Waals surface area contributed by atoms with Crippen molar-refractivity contribution in [3.8, 4) is 0 Å². The van der Waals surface area contributed by atoms with Crippen LogP contribution in [0.3, 0.4) is 0 Å². The smallest absolute Gasteiger partial charge is 0.263 e. The Balaban J connectivity index is 1.43. The standard InChI is InChI=1S/C39H31N3O4/c43-36-30-20-10-11-21-31(30)37(44)41(36)35(42-38(45)32-22-12-13-23-33(32)39(42)46)34(24-27-14-4-1-5-15-27)40(25-28-16-6-2-7-17-28)26-29-18-8-3-9-19-29/h1-23,34-35H,24-26H2. The molecule has 7 nitrogen and oxygen atoms in total. The topological polar surface area (TPSA) is 78.0 Å². The molecular weight excluding hydrogens is 574 g/mol. The highest BCUT2D eigenvalue weighted by Gasteiger charge is 2.52. The highest BCUT2D eigenvalue weighted by molar-refractivity contribution is 6.24. The maximum atomic E-state index is 14.2. The van der Waals surface area contributed by atoms with E-state index in [4.69, 9.17) is 0 Å². The molecule has 1 unspecified atom stereocenters. The molecule has 0 bridgehead atoms. The number of nitrogens with zero attached hydrogens (tertiary/aromatic N) is 3. The Morgan fingerprint density at radius 2 is 0.717 bits per heavy atom. The first kappa shape index (κ1) is 29.1. The second kappa shape index (κ2) is 12.4. The molecule has 2 heterocycles. The third-order valence-corrected chi connectivity index (χ3v) is 8.74. The second-order valence-corrected chi connectivity index (χ2v) is 11.6. The van der Waals surface area contributed by atoms with Gasteiger partial charge in [0, 0.05) is 13.1 Å². The largest absolute Gasteiger partial charge is 0.288 e. The van der Waals surface area contributed by atoms with Gasteiger partial charge < -0.3 is 0 Å². The summed E-state index contributed by atoms with van der Waals surface area (Å²) in [5.41, 5.74) is 3.99. The Morgan fingerprint density at radius 1 is 0.413 bits per heavy atom. The van der Waals surface area contributed by atoms with Crippen molar-refractivity contribution in [3.63, 3.8) is 0 Å². The Kier molecular flexibility index (Phi) is 7.83. The number of fused-ring (bicyclic) bond motifs is 2. The number of hydrogen-bond donors (Lipinski definition) is 0. The zero-order valence-electron chi connectivity index (χ0n) is 25.0. The van der Waals surface area contributed by atoms with Crippen molar-refractivity contribution in [1.82, 2.24) is 14.7 Å². The van der Waals surface area contributed by atoms with Gasteiger partial charge in [0.2, 0.25) is 0 Å². The third-order valence-electron chi connectivity index (χ3n) is 8.74. The monoisotopic (exact) mass is 605 g/mol. The van der Waals surface area contributed by atoms with Crippen LogP contribution in [0.25, 0.3) is 0 Å². The fourth-order valence-electron chi connectivity index (χ4n) is 6.56. The van der Waals surface area contributed by atoms with Gasteiger partial charge in [0.25, 0.3) is 23.6 Å². The molecule has 1 atom stereocenters. The van der Waals surface area contributed by atoms with E-state index in [0.717, 1.165) is 26.5 Å². The lowest BCUT2D eigenvalue weighted by molar-refractivity contribution is -0.00117. The summed E-state index contributed by atoms with van der Waals surface area (Å²) in [6, 6.07) is 42.3. The molecule has 0 aliphatic carbocycles. The van der Waals surface area contributed by atoms with Crippen LogP contribution in [0.5, 0.6) is 0 Å². The summed E-state index contributed by atoms with van der Waals surface area (Å²) < 4.78 is 0. The summed E-state index contributed by atoms with van der Waals surface area (Å²) in [6.07, 6.45) is -0.890. The highest BCUT2D eigenvalue weighted by Crippen LogP contribution is 2.35. The van der Waals surface area contributed by atoms with E-state index in [1.165, 1.54) is 0 Å². The predicted octanol–water partition coefficient (Wildman–Crippen LogP) is 6.22. The van der Waals surface area contributed by atoms with Gasteiger partial charge in [0.15, 0.2) is 0 Å². The number of amides is 4. The first-order valence-electron chi connectivity index (χ1n) is 15.3. The van der Waals surface area contributed by atoms with Crippen LogP contribution in [0.15, 0.2) is 140 Å². The zero-order chi connectivity index (χ0) is 31.6. The van der Waals surface area contributed by atoms with Crippen molar-refractivity contribution < 1.29 is 19.2 Å². The molecule has 7 heteroatoms. The van der Waals surface area contributed by atoms with Gasteiger partial charge in [-0.2, -0.15) is 0 Å². The summed E-state index contributed by atoms with van der Waals surface area (Å²) >= 11 is 0. The van der Waals surface area contributed by atoms with Gasteiger partial charge in [-0.1, -0.05) is 115 Å². The molecule has 226 valence electrons. The van der Waals surface area contributed by atoms with E-state index >= 15 is 0 Å². The molecule has 4 amide bonds. The first-order valence-corrected chi connectivity index (χ1v) is 15.3. The molecule has 0 radical (unpaired) electrons. The van der Waals surface area contributed by atoms with Crippen molar-refractivity contribution in [2.45, 2.75) is 31.7 Å². The van der Waals surface area contributed by atoms with Crippen LogP contribution in [0.2, 0.25) is 0 Å². The maximum Gasteiger partial charge on any atom is 0.263 e. The van der Waals surface area contributed by atoms with Gasteiger partial charge in [-0.05, 0) is 47.4 Å². The molecule has 5 aromatic carbocycles. The fraction of sp³-hybridized carbons (Fsp3) is 0.128. The van der Waals surface area contributed by atoms with E-state index in [1.54, 1.807) is 48.5 Å². The Morgan fingerprint density at radius 3 is 1.07 bits per heavy atom. The number of carbonyl (C=O) groups is 4. The van der Waals surface area contributed by atoms with Crippen LogP contribution in [0.4, 0.5) is 0 Å². The van der Waals surface area contributed by atoms with Crippen LogP contribution in [0.1, 0.15) is 58.1 Å². The van der Waals surface area contributed by atoms with E-state index in [2.05, 4.69) is 4.90 Å². The second-order valence-electron chi connectivity index (χ2n) is 11.6. The molecule has 0 fully saturated rings. The molecule has 0 spiro atoms. The van der Waals surface area contributed by atoms with Gasteiger partial charge in [0.05, 0.1) is 28.3 Å². The molecule has 46 heavy (non-hydrogen) atoms. The van der Waals surface area contributed by atoms with Crippen LogP contribution in [-0.4, -0.2) is 50.5 Å². The fourth-order valence-corrected chi connectivity index (χ4v) is 6.56. The molecule has 0 aromatic heterocycles. The number of carbonyl (C=O) groups excluding carboxylic acids is 4. The highest BCUT2D eigenvalue weighted by atomic mass is 16.2. The Labute approximate surface area is 267 Å². The molecular formula is C39H31N3O4. The van der Waals surface area contributed by atoms with Crippen LogP contribution in [0, 0.1) is 0 Å². The number of hydrogen-bond acceptors (Lipinski definition) is 5. The van der Waals surface area contributed by atoms with Gasteiger partial charge in [0.1, 0.15) is 6.17 Å². The lowest BCUT2D eigenvalue weighted by Gasteiger charge is -2.43.